The molecule has 7 heteroatoms. The first-order valence-electron chi connectivity index (χ1n) is 6.18. The minimum Gasteiger partial charge on any atom is -0.363 e. The molecule has 1 aromatic heterocycles. The van der Waals surface area contributed by atoms with Crippen molar-refractivity contribution in [3.05, 3.63) is 51.9 Å². The van der Waals surface area contributed by atoms with Gasteiger partial charge in [-0.15, -0.1) is 0 Å². The van der Waals surface area contributed by atoms with E-state index in [2.05, 4.69) is 15.3 Å². The smallest absolute Gasteiger partial charge is 0.363 e. The molecule has 0 saturated carbocycles. The highest BCUT2D eigenvalue weighted by Crippen LogP contribution is 2.32. The van der Waals surface area contributed by atoms with Gasteiger partial charge in [-0.3, -0.25) is 0 Å². The fourth-order valence-electron chi connectivity index (χ4n) is 1.82. The van der Waals surface area contributed by atoms with Crippen LogP contribution in [0.1, 0.15) is 22.5 Å². The zero-order chi connectivity index (χ0) is 15.6. The van der Waals surface area contributed by atoms with E-state index in [1.807, 2.05) is 0 Å². The molecule has 2 rings (SSSR count). The second-order valence-electron chi connectivity index (χ2n) is 4.54. The van der Waals surface area contributed by atoms with Crippen molar-refractivity contribution in [3.8, 4) is 0 Å². The number of anilines is 1. The van der Waals surface area contributed by atoms with Gasteiger partial charge in [0.25, 0.3) is 0 Å². The highest BCUT2D eigenvalue weighted by Gasteiger charge is 2.32. The first-order chi connectivity index (χ1) is 9.79. The van der Waals surface area contributed by atoms with E-state index in [0.29, 0.717) is 11.4 Å². The van der Waals surface area contributed by atoms with E-state index in [1.165, 1.54) is 12.1 Å². The van der Waals surface area contributed by atoms with Gasteiger partial charge in [0, 0.05) is 6.54 Å². The van der Waals surface area contributed by atoms with Gasteiger partial charge in [-0.1, -0.05) is 29.8 Å². The Morgan fingerprint density at radius 2 is 1.71 bits per heavy atom. The van der Waals surface area contributed by atoms with Crippen LogP contribution in [0.3, 0.4) is 0 Å². The van der Waals surface area contributed by atoms with Crippen LogP contribution in [0.4, 0.5) is 19.0 Å². The van der Waals surface area contributed by atoms with Crippen LogP contribution in [0.5, 0.6) is 0 Å². The van der Waals surface area contributed by atoms with Crippen LogP contribution in [0.2, 0.25) is 5.15 Å². The number of nitrogens with one attached hydrogen (secondary N) is 1. The number of nitrogens with zero attached hydrogens (tertiary/aromatic N) is 2. The topological polar surface area (TPSA) is 37.8 Å². The van der Waals surface area contributed by atoms with E-state index < -0.39 is 11.7 Å². The molecule has 1 heterocycles. The third-order valence-electron chi connectivity index (χ3n) is 3.03. The largest absolute Gasteiger partial charge is 0.416 e. The van der Waals surface area contributed by atoms with Crippen molar-refractivity contribution in [1.82, 2.24) is 9.97 Å². The molecule has 0 aliphatic heterocycles. The molecule has 2 aromatic rings. The maximum atomic E-state index is 12.9. The van der Waals surface area contributed by atoms with Crippen LogP contribution in [0.15, 0.2) is 24.3 Å². The normalized spacial score (nSPS) is 11.5. The van der Waals surface area contributed by atoms with Gasteiger partial charge in [0.05, 0.1) is 17.0 Å². The van der Waals surface area contributed by atoms with Crippen LogP contribution < -0.4 is 5.32 Å². The van der Waals surface area contributed by atoms with Crippen LogP contribution in [0.25, 0.3) is 0 Å². The van der Waals surface area contributed by atoms with Crippen molar-refractivity contribution in [3.63, 3.8) is 0 Å². The Morgan fingerprint density at radius 3 is 2.38 bits per heavy atom. The summed E-state index contributed by atoms with van der Waals surface area (Å²) in [6, 6.07) is 5.37. The molecule has 1 N–H and O–H groups in total. The van der Waals surface area contributed by atoms with Gasteiger partial charge in [-0.25, -0.2) is 9.97 Å². The summed E-state index contributed by atoms with van der Waals surface area (Å²) in [5, 5.41) is 2.95. The molecule has 0 radical (unpaired) electrons. The Labute approximate surface area is 125 Å². The van der Waals surface area contributed by atoms with Crippen molar-refractivity contribution in [2.45, 2.75) is 26.6 Å². The lowest BCUT2D eigenvalue weighted by atomic mass is 10.1. The molecule has 21 heavy (non-hydrogen) atoms. The Hall–Kier alpha value is -1.82. The molecule has 1 aromatic carbocycles. The molecule has 0 unspecified atom stereocenters. The quantitative estimate of drug-likeness (QED) is 0.913. The van der Waals surface area contributed by atoms with Crippen molar-refractivity contribution >= 4 is 17.4 Å². The Balaban J connectivity index is 2.23. The van der Waals surface area contributed by atoms with Crippen LogP contribution in [-0.2, 0) is 12.7 Å². The van der Waals surface area contributed by atoms with Crippen LogP contribution in [0, 0.1) is 13.8 Å². The van der Waals surface area contributed by atoms with E-state index >= 15 is 0 Å². The lowest BCUT2D eigenvalue weighted by Crippen LogP contribution is -2.12. The summed E-state index contributed by atoms with van der Waals surface area (Å²) in [4.78, 5) is 8.27. The maximum absolute atomic E-state index is 12.9. The second-order valence-corrected chi connectivity index (χ2v) is 4.90. The molecule has 0 bridgehead atoms. The van der Waals surface area contributed by atoms with E-state index in [1.54, 1.807) is 19.9 Å². The van der Waals surface area contributed by atoms with Gasteiger partial charge < -0.3 is 5.32 Å². The van der Waals surface area contributed by atoms with Crippen molar-refractivity contribution in [2.75, 3.05) is 5.32 Å². The van der Waals surface area contributed by atoms with E-state index in [9.17, 15) is 13.2 Å². The third-order valence-corrected chi connectivity index (χ3v) is 3.30. The van der Waals surface area contributed by atoms with Gasteiger partial charge in [0.15, 0.2) is 11.0 Å². The predicted molar refractivity (Wildman–Crippen MR) is 75.3 cm³/mol. The first-order valence-corrected chi connectivity index (χ1v) is 6.56. The average molecular weight is 316 g/mol. The number of benzene rings is 1. The standard InChI is InChI=1S/C14H13ClF3N3/c1-8-9(2)21-13(12(15)20-8)19-7-10-5-3-4-6-11(10)14(16,17)18/h3-6H,7H2,1-2H3,(H,19,21). The summed E-state index contributed by atoms with van der Waals surface area (Å²) < 4.78 is 38.7. The highest BCUT2D eigenvalue weighted by molar-refractivity contribution is 6.31. The summed E-state index contributed by atoms with van der Waals surface area (Å²) in [6.45, 7) is 3.48. The number of rotatable bonds is 3. The Morgan fingerprint density at radius 1 is 1.10 bits per heavy atom. The molecule has 0 aliphatic rings. The predicted octanol–water partition coefficient (Wildman–Crippen LogP) is 4.38. The first kappa shape index (κ1) is 15.6. The lowest BCUT2D eigenvalue weighted by molar-refractivity contribution is -0.138. The van der Waals surface area contributed by atoms with E-state index in [4.69, 9.17) is 11.6 Å². The molecule has 3 nitrogen and oxygen atoms in total. The van der Waals surface area contributed by atoms with Crippen molar-refractivity contribution < 1.29 is 13.2 Å². The minimum absolute atomic E-state index is 0.0351. The SMILES string of the molecule is Cc1nc(Cl)c(NCc2ccccc2C(F)(F)F)nc1C. The molecule has 112 valence electrons. The summed E-state index contributed by atoms with van der Waals surface area (Å²) >= 11 is 5.94. The summed E-state index contributed by atoms with van der Waals surface area (Å²) in [7, 11) is 0. The zero-order valence-corrected chi connectivity index (χ0v) is 12.2. The zero-order valence-electron chi connectivity index (χ0n) is 11.4. The fourth-order valence-corrected chi connectivity index (χ4v) is 2.05. The molecule has 0 atom stereocenters. The third kappa shape index (κ3) is 3.64. The van der Waals surface area contributed by atoms with Gasteiger partial charge in [0.2, 0.25) is 0 Å². The number of aromatic nitrogens is 2. The number of hydrogen-bond donors (Lipinski definition) is 1. The van der Waals surface area contributed by atoms with E-state index in [-0.39, 0.29) is 23.1 Å². The second kappa shape index (κ2) is 5.89. The van der Waals surface area contributed by atoms with Gasteiger partial charge in [-0.05, 0) is 25.5 Å². The molecule has 0 spiro atoms. The van der Waals surface area contributed by atoms with Gasteiger partial charge >= 0.3 is 6.18 Å². The number of halogens is 4. The van der Waals surface area contributed by atoms with Gasteiger partial charge in [0.1, 0.15) is 0 Å². The average Bonchev–Trinajstić information content (AvgIpc) is 2.41. The highest BCUT2D eigenvalue weighted by atomic mass is 35.5. The lowest BCUT2D eigenvalue weighted by Gasteiger charge is -2.14. The van der Waals surface area contributed by atoms with Crippen LogP contribution >= 0.6 is 11.6 Å². The molecule has 0 saturated heterocycles. The summed E-state index contributed by atoms with van der Waals surface area (Å²) in [6.07, 6.45) is -4.39. The van der Waals surface area contributed by atoms with Crippen molar-refractivity contribution in [2.24, 2.45) is 0 Å². The number of hydrogen-bond acceptors (Lipinski definition) is 3. The molecular formula is C14H13ClF3N3. The number of alkyl halides is 3. The summed E-state index contributed by atoms with van der Waals surface area (Å²) in [5.74, 6) is 0.275. The Kier molecular flexibility index (Phi) is 4.37. The minimum atomic E-state index is -4.39. The molecule has 0 fully saturated rings. The van der Waals surface area contributed by atoms with Crippen LogP contribution in [-0.4, -0.2) is 9.97 Å². The molecule has 0 aliphatic carbocycles. The summed E-state index contributed by atoms with van der Waals surface area (Å²) in [5.41, 5.74) is 0.804. The van der Waals surface area contributed by atoms with Gasteiger partial charge in [-0.2, -0.15) is 13.2 Å². The molecule has 0 amide bonds. The van der Waals surface area contributed by atoms with E-state index in [0.717, 1.165) is 6.07 Å². The fraction of sp³-hybridized carbons (Fsp3) is 0.286. The molecular weight excluding hydrogens is 303 g/mol. The maximum Gasteiger partial charge on any atom is 0.416 e. The monoisotopic (exact) mass is 315 g/mol. The number of aryl methyl sites for hydroxylation is 2. The Bertz CT molecular complexity index is 656. The van der Waals surface area contributed by atoms with Crippen molar-refractivity contribution in [1.29, 1.82) is 0 Å².